The molecule has 1 unspecified atom stereocenters. The molecule has 0 fully saturated rings. The molecule has 1 N–H and O–H groups in total. The molecule has 5 nitrogen and oxygen atoms in total. The Balaban J connectivity index is 1.93. The Kier molecular flexibility index (Phi) is 8.63. The number of amides is 2. The van der Waals surface area contributed by atoms with E-state index in [1.165, 1.54) is 11.0 Å². The van der Waals surface area contributed by atoms with Gasteiger partial charge in [-0.05, 0) is 51.5 Å². The fourth-order valence-corrected chi connectivity index (χ4v) is 3.68. The van der Waals surface area contributed by atoms with E-state index in [0.717, 1.165) is 11.1 Å². The molecule has 0 aliphatic carbocycles. The predicted molar refractivity (Wildman–Crippen MR) is 135 cm³/mol. The molecule has 35 heavy (non-hydrogen) atoms. The molecule has 0 aliphatic heterocycles. The molecule has 0 aliphatic rings. The lowest BCUT2D eigenvalue weighted by atomic mass is 10.0. The van der Waals surface area contributed by atoms with E-state index in [1.54, 1.807) is 30.3 Å². The molecule has 3 rings (SSSR count). The van der Waals surface area contributed by atoms with Crippen LogP contribution in [0.3, 0.4) is 0 Å². The van der Waals surface area contributed by atoms with Gasteiger partial charge >= 0.3 is 0 Å². The van der Waals surface area contributed by atoms with Crippen molar-refractivity contribution in [2.45, 2.75) is 52.2 Å². The second-order valence-electron chi connectivity index (χ2n) is 9.66. The topological polar surface area (TPSA) is 58.6 Å². The van der Waals surface area contributed by atoms with Gasteiger partial charge in [0.2, 0.25) is 5.91 Å². The molecule has 2 amide bonds. The van der Waals surface area contributed by atoms with Crippen LogP contribution in [0, 0.1) is 12.7 Å². The predicted octanol–water partition coefficient (Wildman–Crippen LogP) is 5.07. The van der Waals surface area contributed by atoms with Crippen LogP contribution in [-0.2, 0) is 22.6 Å². The van der Waals surface area contributed by atoms with Crippen molar-refractivity contribution in [3.63, 3.8) is 0 Å². The number of carbonyl (C=O) groups is 2. The molecule has 0 radical (unpaired) electrons. The molecule has 0 saturated carbocycles. The van der Waals surface area contributed by atoms with Crippen molar-refractivity contribution in [3.8, 4) is 5.75 Å². The maximum Gasteiger partial charge on any atom is 0.261 e. The molecular formula is C29H33FN2O3. The smallest absolute Gasteiger partial charge is 0.261 e. The monoisotopic (exact) mass is 476 g/mol. The first-order valence-electron chi connectivity index (χ1n) is 11.7. The largest absolute Gasteiger partial charge is 0.484 e. The van der Waals surface area contributed by atoms with Crippen LogP contribution in [0.4, 0.5) is 4.39 Å². The molecule has 0 saturated heterocycles. The molecule has 3 aromatic rings. The van der Waals surface area contributed by atoms with E-state index < -0.39 is 23.3 Å². The van der Waals surface area contributed by atoms with Gasteiger partial charge < -0.3 is 15.0 Å². The van der Waals surface area contributed by atoms with Crippen LogP contribution in [0.1, 0.15) is 37.5 Å². The lowest BCUT2D eigenvalue weighted by molar-refractivity contribution is -0.143. The molecule has 6 heteroatoms. The van der Waals surface area contributed by atoms with Gasteiger partial charge in [0.05, 0.1) is 0 Å². The van der Waals surface area contributed by atoms with Crippen molar-refractivity contribution in [2.24, 2.45) is 0 Å². The summed E-state index contributed by atoms with van der Waals surface area (Å²) in [6, 6.07) is 22.3. The van der Waals surface area contributed by atoms with Gasteiger partial charge in [-0.3, -0.25) is 9.59 Å². The average molecular weight is 477 g/mol. The second kappa shape index (κ2) is 11.6. The molecule has 0 spiro atoms. The normalized spacial score (nSPS) is 12.0. The quantitative estimate of drug-likeness (QED) is 0.469. The van der Waals surface area contributed by atoms with Gasteiger partial charge in [0.1, 0.15) is 17.6 Å². The highest BCUT2D eigenvalue weighted by Crippen LogP contribution is 2.19. The number of nitrogens with zero attached hydrogens (tertiary/aromatic N) is 1. The Hall–Kier alpha value is -3.67. The van der Waals surface area contributed by atoms with Crippen LogP contribution < -0.4 is 10.1 Å². The van der Waals surface area contributed by atoms with Gasteiger partial charge in [-0.15, -0.1) is 0 Å². The van der Waals surface area contributed by atoms with Crippen molar-refractivity contribution >= 4 is 11.8 Å². The summed E-state index contributed by atoms with van der Waals surface area (Å²) < 4.78 is 20.3. The van der Waals surface area contributed by atoms with Crippen LogP contribution >= 0.6 is 0 Å². The Morgan fingerprint density at radius 2 is 1.57 bits per heavy atom. The first-order valence-corrected chi connectivity index (χ1v) is 11.7. The molecular weight excluding hydrogens is 443 g/mol. The summed E-state index contributed by atoms with van der Waals surface area (Å²) in [4.78, 5) is 28.4. The Morgan fingerprint density at radius 1 is 0.943 bits per heavy atom. The summed E-state index contributed by atoms with van der Waals surface area (Å²) >= 11 is 0. The first kappa shape index (κ1) is 25.9. The zero-order chi connectivity index (χ0) is 25.4. The lowest BCUT2D eigenvalue weighted by Crippen LogP contribution is -2.55. The van der Waals surface area contributed by atoms with Crippen molar-refractivity contribution < 1.29 is 18.7 Å². The Labute approximate surface area is 206 Å². The standard InChI is InChI=1S/C29H33FN2O3/c1-21-14-16-24(17-15-21)35-20-27(33)32(19-23-12-8-9-13-25(23)30)26(28(34)31-29(2,3)4)18-22-10-6-5-7-11-22/h5-17,26H,18-20H2,1-4H3,(H,31,34). The van der Waals surface area contributed by atoms with E-state index in [1.807, 2.05) is 70.2 Å². The van der Waals surface area contributed by atoms with Crippen molar-refractivity contribution in [1.82, 2.24) is 10.2 Å². The molecule has 184 valence electrons. The van der Waals surface area contributed by atoms with Gasteiger partial charge in [-0.1, -0.05) is 66.2 Å². The number of nitrogens with one attached hydrogen (secondary N) is 1. The summed E-state index contributed by atoms with van der Waals surface area (Å²) in [5, 5.41) is 2.99. The highest BCUT2D eigenvalue weighted by molar-refractivity contribution is 5.89. The molecule has 0 bridgehead atoms. The number of carbonyl (C=O) groups excluding carboxylic acids is 2. The third kappa shape index (κ3) is 7.95. The van der Waals surface area contributed by atoms with E-state index in [9.17, 15) is 14.0 Å². The number of hydrogen-bond acceptors (Lipinski definition) is 3. The molecule has 0 heterocycles. The highest BCUT2D eigenvalue weighted by Gasteiger charge is 2.32. The number of halogens is 1. The van der Waals surface area contributed by atoms with E-state index in [0.29, 0.717) is 11.3 Å². The van der Waals surface area contributed by atoms with E-state index in [2.05, 4.69) is 5.32 Å². The van der Waals surface area contributed by atoms with E-state index in [-0.39, 0.29) is 25.5 Å². The first-order chi connectivity index (χ1) is 16.6. The van der Waals surface area contributed by atoms with Crippen molar-refractivity contribution in [3.05, 3.63) is 101 Å². The summed E-state index contributed by atoms with van der Waals surface area (Å²) in [7, 11) is 0. The molecule has 1 atom stereocenters. The minimum Gasteiger partial charge on any atom is -0.484 e. The van der Waals surface area contributed by atoms with Crippen LogP contribution in [0.2, 0.25) is 0 Å². The van der Waals surface area contributed by atoms with Gasteiger partial charge in [-0.25, -0.2) is 4.39 Å². The fourth-order valence-electron chi connectivity index (χ4n) is 3.68. The minimum absolute atomic E-state index is 0.0577. The van der Waals surface area contributed by atoms with Gasteiger partial charge in [-0.2, -0.15) is 0 Å². The summed E-state index contributed by atoms with van der Waals surface area (Å²) in [6.45, 7) is 7.28. The number of aryl methyl sites for hydroxylation is 1. The van der Waals surface area contributed by atoms with Crippen LogP contribution in [0.25, 0.3) is 0 Å². The Bertz CT molecular complexity index is 1120. The van der Waals surface area contributed by atoms with E-state index in [4.69, 9.17) is 4.74 Å². The summed E-state index contributed by atoms with van der Waals surface area (Å²) in [5.41, 5.74) is 1.80. The summed E-state index contributed by atoms with van der Waals surface area (Å²) in [5.74, 6) is -0.590. The number of benzene rings is 3. The fraction of sp³-hybridized carbons (Fsp3) is 0.310. The van der Waals surface area contributed by atoms with Gasteiger partial charge in [0.15, 0.2) is 6.61 Å². The maximum atomic E-state index is 14.6. The summed E-state index contributed by atoms with van der Waals surface area (Å²) in [6.07, 6.45) is 0.285. The third-order valence-electron chi connectivity index (χ3n) is 5.45. The SMILES string of the molecule is Cc1ccc(OCC(=O)N(Cc2ccccc2F)C(Cc2ccccc2)C(=O)NC(C)(C)C)cc1. The van der Waals surface area contributed by atoms with Crippen LogP contribution in [0.5, 0.6) is 5.75 Å². The van der Waals surface area contributed by atoms with Gasteiger partial charge in [0, 0.05) is 24.1 Å². The van der Waals surface area contributed by atoms with E-state index >= 15 is 0 Å². The van der Waals surface area contributed by atoms with Crippen molar-refractivity contribution in [1.29, 1.82) is 0 Å². The molecule has 0 aromatic heterocycles. The number of rotatable bonds is 9. The zero-order valence-corrected chi connectivity index (χ0v) is 20.8. The average Bonchev–Trinajstić information content (AvgIpc) is 2.81. The Morgan fingerprint density at radius 3 is 2.20 bits per heavy atom. The number of ether oxygens (including phenoxy) is 1. The zero-order valence-electron chi connectivity index (χ0n) is 20.8. The second-order valence-corrected chi connectivity index (χ2v) is 9.66. The van der Waals surface area contributed by atoms with Crippen molar-refractivity contribution in [2.75, 3.05) is 6.61 Å². The number of hydrogen-bond donors (Lipinski definition) is 1. The minimum atomic E-state index is -0.856. The van der Waals surface area contributed by atoms with Crippen LogP contribution in [0.15, 0.2) is 78.9 Å². The molecule has 3 aromatic carbocycles. The van der Waals surface area contributed by atoms with Gasteiger partial charge in [0.25, 0.3) is 5.91 Å². The lowest BCUT2D eigenvalue weighted by Gasteiger charge is -2.33. The van der Waals surface area contributed by atoms with Crippen LogP contribution in [-0.4, -0.2) is 34.9 Å². The maximum absolute atomic E-state index is 14.6. The third-order valence-corrected chi connectivity index (χ3v) is 5.45. The highest BCUT2D eigenvalue weighted by atomic mass is 19.1.